The number of anilines is 1. The van der Waals surface area contributed by atoms with Gasteiger partial charge in [-0.15, -0.1) is 0 Å². The summed E-state index contributed by atoms with van der Waals surface area (Å²) in [5.74, 6) is -1.33. The average Bonchev–Trinajstić information content (AvgIpc) is 2.29. The molecule has 0 aliphatic carbocycles. The van der Waals surface area contributed by atoms with Crippen LogP contribution in [0.3, 0.4) is 0 Å². The molecule has 0 heterocycles. The van der Waals surface area contributed by atoms with Gasteiger partial charge in [0.15, 0.2) is 5.60 Å². The maximum Gasteiger partial charge on any atom is 0.412 e. The van der Waals surface area contributed by atoms with Crippen molar-refractivity contribution in [2.24, 2.45) is 0 Å². The van der Waals surface area contributed by atoms with Crippen molar-refractivity contribution in [1.82, 2.24) is 0 Å². The van der Waals surface area contributed by atoms with E-state index in [1.807, 2.05) is 0 Å². The number of aliphatic carboxylic acids is 1. The van der Waals surface area contributed by atoms with Gasteiger partial charge in [0.1, 0.15) is 5.60 Å². The SMILES string of the molecule is CC(C)(C)OC(=O)Nc1ccc(CC(C)(O)C(=O)O)c(Cl)c1. The van der Waals surface area contributed by atoms with Crippen molar-refractivity contribution < 1.29 is 24.5 Å². The zero-order valence-corrected chi connectivity index (χ0v) is 13.7. The summed E-state index contributed by atoms with van der Waals surface area (Å²) in [5, 5.41) is 21.4. The number of hydrogen-bond donors (Lipinski definition) is 3. The highest BCUT2D eigenvalue weighted by Gasteiger charge is 2.30. The molecule has 1 unspecified atom stereocenters. The Hall–Kier alpha value is -1.79. The Morgan fingerprint density at radius 2 is 1.86 bits per heavy atom. The Morgan fingerprint density at radius 1 is 1.27 bits per heavy atom. The van der Waals surface area contributed by atoms with E-state index in [2.05, 4.69) is 5.32 Å². The third-order valence-electron chi connectivity index (χ3n) is 2.69. The first kappa shape index (κ1) is 18.3. The maximum atomic E-state index is 11.6. The molecule has 0 saturated heterocycles. The summed E-state index contributed by atoms with van der Waals surface area (Å²) in [6, 6.07) is 4.58. The molecule has 0 spiro atoms. The molecule has 0 fully saturated rings. The van der Waals surface area contributed by atoms with Crippen LogP contribution in [0.15, 0.2) is 18.2 Å². The third-order valence-corrected chi connectivity index (χ3v) is 3.05. The van der Waals surface area contributed by atoms with Crippen molar-refractivity contribution in [3.8, 4) is 0 Å². The number of carboxylic acids is 1. The number of hydrogen-bond acceptors (Lipinski definition) is 4. The molecule has 0 aliphatic heterocycles. The van der Waals surface area contributed by atoms with Gasteiger partial charge in [-0.1, -0.05) is 17.7 Å². The molecule has 1 rings (SSSR count). The van der Waals surface area contributed by atoms with Crippen molar-refractivity contribution >= 4 is 29.4 Å². The van der Waals surface area contributed by atoms with Crippen molar-refractivity contribution in [3.05, 3.63) is 28.8 Å². The number of ether oxygens (including phenoxy) is 1. The summed E-state index contributed by atoms with van der Waals surface area (Å²) in [6.45, 7) is 6.43. The quantitative estimate of drug-likeness (QED) is 0.789. The Bertz CT molecular complexity index is 578. The van der Waals surface area contributed by atoms with E-state index < -0.39 is 23.3 Å². The van der Waals surface area contributed by atoms with E-state index >= 15 is 0 Å². The Morgan fingerprint density at radius 3 is 2.32 bits per heavy atom. The molecular formula is C15H20ClNO5. The summed E-state index contributed by atoms with van der Waals surface area (Å²) >= 11 is 6.06. The van der Waals surface area contributed by atoms with Crippen LogP contribution in [-0.2, 0) is 16.0 Å². The van der Waals surface area contributed by atoms with Crippen LogP contribution in [0.1, 0.15) is 33.3 Å². The van der Waals surface area contributed by atoms with Gasteiger partial charge < -0.3 is 14.9 Å². The summed E-state index contributed by atoms with van der Waals surface area (Å²) in [7, 11) is 0. The van der Waals surface area contributed by atoms with Crippen LogP contribution in [0.25, 0.3) is 0 Å². The van der Waals surface area contributed by atoms with Gasteiger partial charge >= 0.3 is 12.1 Å². The van der Waals surface area contributed by atoms with Crippen molar-refractivity contribution in [1.29, 1.82) is 0 Å². The number of halogens is 1. The van der Waals surface area contributed by atoms with Crippen molar-refractivity contribution in [3.63, 3.8) is 0 Å². The number of carbonyl (C=O) groups excluding carboxylic acids is 1. The number of carbonyl (C=O) groups is 2. The second kappa shape index (κ2) is 6.54. The molecule has 1 amide bonds. The molecule has 1 aromatic carbocycles. The Kier molecular flexibility index (Phi) is 5.43. The third kappa shape index (κ3) is 5.54. The predicted molar refractivity (Wildman–Crippen MR) is 83.3 cm³/mol. The second-order valence-corrected chi connectivity index (χ2v) is 6.60. The van der Waals surface area contributed by atoms with Crippen LogP contribution in [0.5, 0.6) is 0 Å². The minimum Gasteiger partial charge on any atom is -0.479 e. The van der Waals surface area contributed by atoms with Gasteiger partial charge in [0, 0.05) is 17.1 Å². The number of carboxylic acid groups (broad SMARTS) is 1. The van der Waals surface area contributed by atoms with E-state index in [0.717, 1.165) is 0 Å². The van der Waals surface area contributed by atoms with Gasteiger partial charge in [-0.05, 0) is 45.4 Å². The Balaban J connectivity index is 2.82. The van der Waals surface area contributed by atoms with E-state index in [9.17, 15) is 14.7 Å². The number of amides is 1. The largest absolute Gasteiger partial charge is 0.479 e. The molecule has 0 radical (unpaired) electrons. The summed E-state index contributed by atoms with van der Waals surface area (Å²) in [5.41, 5.74) is -1.65. The molecule has 1 atom stereocenters. The lowest BCUT2D eigenvalue weighted by molar-refractivity contribution is -0.156. The zero-order chi connectivity index (χ0) is 17.1. The van der Waals surface area contributed by atoms with Crippen LogP contribution in [0.4, 0.5) is 10.5 Å². The monoisotopic (exact) mass is 329 g/mol. The fourth-order valence-electron chi connectivity index (χ4n) is 1.64. The minimum atomic E-state index is -1.91. The molecule has 22 heavy (non-hydrogen) atoms. The van der Waals surface area contributed by atoms with Gasteiger partial charge in [0.2, 0.25) is 0 Å². The molecule has 3 N–H and O–H groups in total. The van der Waals surface area contributed by atoms with Crippen molar-refractivity contribution in [2.75, 3.05) is 5.32 Å². The summed E-state index contributed by atoms with van der Waals surface area (Å²) in [6.07, 6.45) is -0.762. The standard InChI is InChI=1S/C15H20ClNO5/c1-14(2,3)22-13(20)17-10-6-5-9(11(16)7-10)8-15(4,21)12(18)19/h5-7,21H,8H2,1-4H3,(H,17,20)(H,18,19). The molecule has 122 valence electrons. The lowest BCUT2D eigenvalue weighted by Gasteiger charge is -2.20. The smallest absolute Gasteiger partial charge is 0.412 e. The van der Waals surface area contributed by atoms with E-state index in [0.29, 0.717) is 11.3 Å². The van der Waals surface area contributed by atoms with Crippen molar-refractivity contribution in [2.45, 2.75) is 45.3 Å². The predicted octanol–water partition coefficient (Wildman–Crippen LogP) is 3.07. The highest BCUT2D eigenvalue weighted by atomic mass is 35.5. The van der Waals surface area contributed by atoms with Gasteiger partial charge in [0.05, 0.1) is 0 Å². The lowest BCUT2D eigenvalue weighted by atomic mass is 9.96. The lowest BCUT2D eigenvalue weighted by Crippen LogP contribution is -2.37. The molecule has 6 nitrogen and oxygen atoms in total. The molecule has 0 aliphatic rings. The highest BCUT2D eigenvalue weighted by molar-refractivity contribution is 6.31. The minimum absolute atomic E-state index is 0.145. The molecule has 0 bridgehead atoms. The molecule has 0 saturated carbocycles. The number of nitrogens with one attached hydrogen (secondary N) is 1. The Labute approximate surface area is 134 Å². The number of aliphatic hydroxyl groups is 1. The molecule has 7 heteroatoms. The number of benzene rings is 1. The van der Waals surface area contributed by atoms with Crippen LogP contribution in [0, 0.1) is 0 Å². The van der Waals surface area contributed by atoms with Gasteiger partial charge in [0.25, 0.3) is 0 Å². The first-order valence-corrected chi connectivity index (χ1v) is 7.03. The van der Waals surface area contributed by atoms with Crippen LogP contribution in [-0.4, -0.2) is 33.5 Å². The fourth-order valence-corrected chi connectivity index (χ4v) is 1.88. The fraction of sp³-hybridized carbons (Fsp3) is 0.467. The molecule has 1 aromatic rings. The van der Waals surface area contributed by atoms with E-state index in [-0.39, 0.29) is 11.4 Å². The van der Waals surface area contributed by atoms with Gasteiger partial charge in [-0.25, -0.2) is 9.59 Å². The van der Waals surface area contributed by atoms with Crippen LogP contribution in [0.2, 0.25) is 5.02 Å². The highest BCUT2D eigenvalue weighted by Crippen LogP contribution is 2.25. The maximum absolute atomic E-state index is 11.6. The first-order chi connectivity index (χ1) is 9.90. The second-order valence-electron chi connectivity index (χ2n) is 6.19. The van der Waals surface area contributed by atoms with Gasteiger partial charge in [-0.2, -0.15) is 0 Å². The topological polar surface area (TPSA) is 95.9 Å². The normalized spacial score (nSPS) is 14.1. The molecule has 0 aromatic heterocycles. The molecular weight excluding hydrogens is 310 g/mol. The van der Waals surface area contributed by atoms with E-state index in [1.165, 1.54) is 13.0 Å². The summed E-state index contributed by atoms with van der Waals surface area (Å²) < 4.78 is 5.11. The zero-order valence-electron chi connectivity index (χ0n) is 12.9. The van der Waals surface area contributed by atoms with Crippen LogP contribution < -0.4 is 5.32 Å². The van der Waals surface area contributed by atoms with Crippen LogP contribution >= 0.6 is 11.6 Å². The number of rotatable bonds is 4. The first-order valence-electron chi connectivity index (χ1n) is 6.65. The van der Waals surface area contributed by atoms with E-state index in [4.69, 9.17) is 21.4 Å². The average molecular weight is 330 g/mol. The van der Waals surface area contributed by atoms with Gasteiger partial charge in [-0.3, -0.25) is 5.32 Å². The van der Waals surface area contributed by atoms with E-state index in [1.54, 1.807) is 32.9 Å². The summed E-state index contributed by atoms with van der Waals surface area (Å²) in [4.78, 5) is 22.6.